The van der Waals surface area contributed by atoms with Gasteiger partial charge >= 0.3 is 0 Å². The summed E-state index contributed by atoms with van der Waals surface area (Å²) in [5.74, 6) is -0.813. The molecule has 2 aromatic carbocycles. The summed E-state index contributed by atoms with van der Waals surface area (Å²) in [4.78, 5) is 0. The Balaban J connectivity index is 2.37. The summed E-state index contributed by atoms with van der Waals surface area (Å²) in [6.07, 6.45) is -1.50. The molecule has 5 atom stereocenters. The van der Waals surface area contributed by atoms with E-state index in [1.807, 2.05) is 26.0 Å². The molecule has 172 valence electrons. The SMILES string of the molecule is C[C@H]([C@@H](O)[C@@H](C)CO)[C@@H](O)[C@@H](C)CO[Si](c1ccccc1)(c1ccccc1)C(C)(C)C. The molecule has 2 aromatic rings. The summed E-state index contributed by atoms with van der Waals surface area (Å²) in [7, 11) is -2.66. The molecule has 2 rings (SSSR count). The molecule has 0 amide bonds. The Bertz CT molecular complexity index is 735. The fourth-order valence-corrected chi connectivity index (χ4v) is 9.13. The second kappa shape index (κ2) is 10.9. The molecule has 0 bridgehead atoms. The van der Waals surface area contributed by atoms with Crippen molar-refractivity contribution in [1.82, 2.24) is 0 Å². The van der Waals surface area contributed by atoms with E-state index in [1.54, 1.807) is 6.92 Å². The van der Waals surface area contributed by atoms with Crippen molar-refractivity contribution in [3.63, 3.8) is 0 Å². The molecule has 0 heterocycles. The summed E-state index contributed by atoms with van der Waals surface area (Å²) in [6, 6.07) is 20.9. The highest BCUT2D eigenvalue weighted by Crippen LogP contribution is 2.37. The molecule has 0 aromatic heterocycles. The number of aliphatic hydroxyl groups excluding tert-OH is 3. The highest BCUT2D eigenvalue weighted by atomic mass is 28.4. The van der Waals surface area contributed by atoms with Crippen LogP contribution in [0.3, 0.4) is 0 Å². The molecular weight excluding hydrogens is 404 g/mol. The van der Waals surface area contributed by atoms with Crippen molar-refractivity contribution in [2.24, 2.45) is 17.8 Å². The molecule has 0 aliphatic heterocycles. The minimum absolute atomic E-state index is 0.106. The fraction of sp³-hybridized carbons (Fsp3) is 0.538. The summed E-state index contributed by atoms with van der Waals surface area (Å²) >= 11 is 0. The maximum absolute atomic E-state index is 10.9. The number of hydrogen-bond donors (Lipinski definition) is 3. The second-order valence-electron chi connectivity index (χ2n) is 9.95. The zero-order chi connectivity index (χ0) is 23.2. The molecule has 4 nitrogen and oxygen atoms in total. The smallest absolute Gasteiger partial charge is 0.261 e. The fourth-order valence-electron chi connectivity index (χ4n) is 4.46. The Labute approximate surface area is 189 Å². The zero-order valence-electron chi connectivity index (χ0n) is 19.8. The Kier molecular flexibility index (Phi) is 9.04. The molecule has 0 fully saturated rings. The normalized spacial score (nSPS) is 17.6. The number of aliphatic hydroxyl groups is 3. The average Bonchev–Trinajstić information content (AvgIpc) is 2.77. The summed E-state index contributed by atoms with van der Waals surface area (Å²) in [6.45, 7) is 12.6. The Morgan fingerprint density at radius 2 is 1.19 bits per heavy atom. The molecule has 0 aliphatic carbocycles. The second-order valence-corrected chi connectivity index (χ2v) is 14.3. The van der Waals surface area contributed by atoms with Crippen LogP contribution in [0.4, 0.5) is 0 Å². The van der Waals surface area contributed by atoms with Crippen molar-refractivity contribution in [1.29, 1.82) is 0 Å². The molecule has 3 N–H and O–H groups in total. The first-order chi connectivity index (χ1) is 14.6. The Hall–Kier alpha value is -1.50. The van der Waals surface area contributed by atoms with Crippen LogP contribution in [-0.4, -0.2) is 49.1 Å². The third kappa shape index (κ3) is 5.65. The predicted octanol–water partition coefficient (Wildman–Crippen LogP) is 3.19. The maximum atomic E-state index is 10.9. The lowest BCUT2D eigenvalue weighted by Crippen LogP contribution is -2.67. The van der Waals surface area contributed by atoms with Gasteiger partial charge in [0.25, 0.3) is 8.32 Å². The number of rotatable bonds is 10. The Morgan fingerprint density at radius 3 is 1.58 bits per heavy atom. The minimum atomic E-state index is -2.66. The van der Waals surface area contributed by atoms with Gasteiger partial charge < -0.3 is 19.7 Å². The topological polar surface area (TPSA) is 69.9 Å². The third-order valence-electron chi connectivity index (χ3n) is 6.51. The molecule has 0 unspecified atom stereocenters. The van der Waals surface area contributed by atoms with E-state index < -0.39 is 20.5 Å². The van der Waals surface area contributed by atoms with E-state index in [-0.39, 0.29) is 29.4 Å². The lowest BCUT2D eigenvalue weighted by atomic mass is 9.85. The van der Waals surface area contributed by atoms with Crippen LogP contribution in [0.25, 0.3) is 0 Å². The molecular formula is C26H40O4Si. The lowest BCUT2D eigenvalue weighted by Gasteiger charge is -2.44. The van der Waals surface area contributed by atoms with Gasteiger partial charge in [0.05, 0.1) is 12.2 Å². The summed E-state index contributed by atoms with van der Waals surface area (Å²) in [5, 5.41) is 33.1. The van der Waals surface area contributed by atoms with Crippen molar-refractivity contribution in [2.45, 2.75) is 58.8 Å². The molecule has 0 radical (unpaired) electrons. The van der Waals surface area contributed by atoms with Gasteiger partial charge in [0.15, 0.2) is 0 Å². The van der Waals surface area contributed by atoms with Gasteiger partial charge in [-0.05, 0) is 15.4 Å². The largest absolute Gasteiger partial charge is 0.407 e. The van der Waals surface area contributed by atoms with Crippen molar-refractivity contribution >= 4 is 18.7 Å². The quantitative estimate of drug-likeness (QED) is 0.492. The van der Waals surface area contributed by atoms with E-state index in [2.05, 4.69) is 69.3 Å². The van der Waals surface area contributed by atoms with Crippen LogP contribution in [-0.2, 0) is 4.43 Å². The van der Waals surface area contributed by atoms with E-state index in [9.17, 15) is 15.3 Å². The van der Waals surface area contributed by atoms with Gasteiger partial charge in [-0.2, -0.15) is 0 Å². The van der Waals surface area contributed by atoms with Gasteiger partial charge in [0.1, 0.15) is 0 Å². The van der Waals surface area contributed by atoms with Crippen molar-refractivity contribution < 1.29 is 19.7 Å². The van der Waals surface area contributed by atoms with Gasteiger partial charge in [0, 0.05) is 31.0 Å². The molecule has 5 heteroatoms. The van der Waals surface area contributed by atoms with Crippen LogP contribution in [0, 0.1) is 17.8 Å². The average molecular weight is 445 g/mol. The van der Waals surface area contributed by atoms with Gasteiger partial charge in [-0.25, -0.2) is 0 Å². The first-order valence-electron chi connectivity index (χ1n) is 11.3. The molecule has 0 spiro atoms. The minimum Gasteiger partial charge on any atom is -0.407 e. The molecule has 0 aliphatic rings. The highest BCUT2D eigenvalue weighted by Gasteiger charge is 2.50. The summed E-state index contributed by atoms with van der Waals surface area (Å²) in [5.41, 5.74) is 0. The van der Waals surface area contributed by atoms with E-state index in [4.69, 9.17) is 4.43 Å². The van der Waals surface area contributed by atoms with E-state index in [0.717, 1.165) is 0 Å². The lowest BCUT2D eigenvalue weighted by molar-refractivity contribution is -0.0453. The van der Waals surface area contributed by atoms with Crippen LogP contribution in [0.2, 0.25) is 5.04 Å². The van der Waals surface area contributed by atoms with Crippen molar-refractivity contribution in [3.8, 4) is 0 Å². The first kappa shape index (κ1) is 25.8. The van der Waals surface area contributed by atoms with E-state index in [1.165, 1.54) is 10.4 Å². The molecule has 31 heavy (non-hydrogen) atoms. The third-order valence-corrected chi connectivity index (χ3v) is 11.5. The highest BCUT2D eigenvalue weighted by molar-refractivity contribution is 6.99. The molecule has 0 saturated carbocycles. The van der Waals surface area contributed by atoms with E-state index >= 15 is 0 Å². The Morgan fingerprint density at radius 1 is 0.774 bits per heavy atom. The molecule has 0 saturated heterocycles. The predicted molar refractivity (Wildman–Crippen MR) is 130 cm³/mol. The van der Waals surface area contributed by atoms with Crippen LogP contribution >= 0.6 is 0 Å². The van der Waals surface area contributed by atoms with Gasteiger partial charge in [-0.15, -0.1) is 0 Å². The number of hydrogen-bond acceptors (Lipinski definition) is 4. The first-order valence-corrected chi connectivity index (χ1v) is 13.2. The maximum Gasteiger partial charge on any atom is 0.261 e. The van der Waals surface area contributed by atoms with Crippen molar-refractivity contribution in [2.75, 3.05) is 13.2 Å². The van der Waals surface area contributed by atoms with Crippen LogP contribution in [0.1, 0.15) is 41.5 Å². The van der Waals surface area contributed by atoms with Crippen LogP contribution < -0.4 is 10.4 Å². The van der Waals surface area contributed by atoms with E-state index in [0.29, 0.717) is 6.61 Å². The zero-order valence-corrected chi connectivity index (χ0v) is 20.8. The standard InChI is InChI=1S/C26H40O4Si/c1-19(17-27)24(28)21(3)25(29)20(2)18-30-31(26(4,5)6,22-13-9-7-10-14-22)23-15-11-8-12-16-23/h7-16,19-21,24-25,27-29H,17-18H2,1-6H3/t19-,20-,21+,24-,25-/m0/s1. The van der Waals surface area contributed by atoms with Crippen LogP contribution in [0.5, 0.6) is 0 Å². The van der Waals surface area contributed by atoms with Crippen LogP contribution in [0.15, 0.2) is 60.7 Å². The number of benzene rings is 2. The summed E-state index contributed by atoms with van der Waals surface area (Å²) < 4.78 is 6.91. The van der Waals surface area contributed by atoms with Crippen molar-refractivity contribution in [3.05, 3.63) is 60.7 Å². The van der Waals surface area contributed by atoms with Gasteiger partial charge in [-0.1, -0.05) is 102 Å². The monoisotopic (exact) mass is 444 g/mol. The van der Waals surface area contributed by atoms with Gasteiger partial charge in [0.2, 0.25) is 0 Å². The van der Waals surface area contributed by atoms with Gasteiger partial charge in [-0.3, -0.25) is 0 Å².